The van der Waals surface area contributed by atoms with Crippen LogP contribution in [0, 0.1) is 0 Å². The molecule has 0 saturated heterocycles. The molecule has 1 atom stereocenters. The van der Waals surface area contributed by atoms with Crippen LogP contribution in [0.25, 0.3) is 0 Å². The Morgan fingerprint density at radius 2 is 1.75 bits per heavy atom. The van der Waals surface area contributed by atoms with Gasteiger partial charge < -0.3 is 18.9 Å². The molecular weight excluding hydrogens is 408 g/mol. The van der Waals surface area contributed by atoms with E-state index in [2.05, 4.69) is 5.10 Å². The van der Waals surface area contributed by atoms with E-state index in [0.717, 1.165) is 22.6 Å². The summed E-state index contributed by atoms with van der Waals surface area (Å²) >= 11 is 0. The van der Waals surface area contributed by atoms with Gasteiger partial charge in [-0.3, -0.25) is 4.79 Å². The van der Waals surface area contributed by atoms with Crippen LogP contribution in [0.4, 0.5) is 0 Å². The molecule has 32 heavy (non-hydrogen) atoms. The summed E-state index contributed by atoms with van der Waals surface area (Å²) in [4.78, 5) is 13.1. The molecule has 0 aliphatic carbocycles. The van der Waals surface area contributed by atoms with E-state index in [1.807, 2.05) is 54.6 Å². The fourth-order valence-electron chi connectivity index (χ4n) is 3.81. The summed E-state index contributed by atoms with van der Waals surface area (Å²) < 4.78 is 21.7. The Bertz CT molecular complexity index is 1140. The lowest BCUT2D eigenvalue weighted by molar-refractivity contribution is -0.135. The van der Waals surface area contributed by atoms with E-state index in [1.165, 1.54) is 5.01 Å². The molecule has 0 aromatic heterocycles. The van der Waals surface area contributed by atoms with Crippen molar-refractivity contribution in [2.24, 2.45) is 5.10 Å². The van der Waals surface area contributed by atoms with Crippen molar-refractivity contribution in [3.63, 3.8) is 0 Å². The van der Waals surface area contributed by atoms with Gasteiger partial charge in [0.2, 0.25) is 6.79 Å². The molecule has 0 bridgehead atoms. The zero-order valence-electron chi connectivity index (χ0n) is 17.6. The topological polar surface area (TPSA) is 69.6 Å². The predicted octanol–water partition coefficient (Wildman–Crippen LogP) is 4.18. The van der Waals surface area contributed by atoms with Crippen LogP contribution in [-0.4, -0.2) is 37.1 Å². The van der Waals surface area contributed by atoms with Crippen LogP contribution in [-0.2, 0) is 4.79 Å². The van der Waals surface area contributed by atoms with Crippen LogP contribution in [0.3, 0.4) is 0 Å². The molecule has 0 fully saturated rings. The summed E-state index contributed by atoms with van der Waals surface area (Å²) in [6.07, 6.45) is 0.617. The number of rotatable bonds is 6. The van der Waals surface area contributed by atoms with Gasteiger partial charge in [0.25, 0.3) is 5.91 Å². The summed E-state index contributed by atoms with van der Waals surface area (Å²) in [6.45, 7) is 0.0455. The van der Waals surface area contributed by atoms with Gasteiger partial charge in [0.15, 0.2) is 18.1 Å². The molecule has 7 nitrogen and oxygen atoms in total. The molecule has 5 rings (SSSR count). The number of amides is 1. The lowest BCUT2D eigenvalue weighted by Gasteiger charge is -2.22. The predicted molar refractivity (Wildman–Crippen MR) is 118 cm³/mol. The van der Waals surface area contributed by atoms with Crippen LogP contribution in [0.15, 0.2) is 77.9 Å². The van der Waals surface area contributed by atoms with E-state index in [1.54, 1.807) is 25.3 Å². The average molecular weight is 430 g/mol. The molecule has 7 heteroatoms. The van der Waals surface area contributed by atoms with Crippen molar-refractivity contribution < 1.29 is 23.7 Å². The Kier molecular flexibility index (Phi) is 5.37. The highest BCUT2D eigenvalue weighted by Crippen LogP contribution is 2.36. The number of hydrogen-bond donors (Lipinski definition) is 0. The highest BCUT2D eigenvalue weighted by Gasteiger charge is 2.33. The largest absolute Gasteiger partial charge is 0.497 e. The first-order valence-electron chi connectivity index (χ1n) is 10.3. The van der Waals surface area contributed by atoms with Crippen molar-refractivity contribution in [3.8, 4) is 23.0 Å². The molecule has 1 amide bonds. The average Bonchev–Trinajstić information content (AvgIpc) is 3.50. The van der Waals surface area contributed by atoms with Gasteiger partial charge in [-0.2, -0.15) is 5.10 Å². The maximum Gasteiger partial charge on any atom is 0.281 e. The smallest absolute Gasteiger partial charge is 0.281 e. The van der Waals surface area contributed by atoms with Gasteiger partial charge in [-0.1, -0.05) is 42.5 Å². The Labute approximate surface area is 185 Å². The van der Waals surface area contributed by atoms with Crippen molar-refractivity contribution in [1.29, 1.82) is 0 Å². The molecule has 3 aromatic carbocycles. The van der Waals surface area contributed by atoms with Crippen molar-refractivity contribution in [2.75, 3.05) is 20.5 Å². The molecule has 162 valence electrons. The van der Waals surface area contributed by atoms with Gasteiger partial charge in [0, 0.05) is 12.5 Å². The lowest BCUT2D eigenvalue weighted by atomic mass is 9.98. The molecule has 2 aliphatic rings. The molecule has 2 heterocycles. The quantitative estimate of drug-likeness (QED) is 0.587. The second kappa shape index (κ2) is 8.63. The number of ether oxygens (including phenoxy) is 4. The van der Waals surface area contributed by atoms with Crippen molar-refractivity contribution >= 4 is 11.6 Å². The molecule has 0 radical (unpaired) electrons. The summed E-state index contributed by atoms with van der Waals surface area (Å²) in [5.74, 6) is 2.35. The van der Waals surface area contributed by atoms with Crippen LogP contribution in [0.5, 0.6) is 23.0 Å². The maximum atomic E-state index is 13.1. The Hall–Kier alpha value is -4.00. The SMILES string of the molecule is COc1ccc(C2CC(c3ccccc3)=NN2C(=O)COc2ccc3c(c2)OCO3)cc1. The Balaban J connectivity index is 1.36. The number of carbonyl (C=O) groups is 1. The van der Waals surface area contributed by atoms with Crippen LogP contribution in [0.2, 0.25) is 0 Å². The molecule has 0 N–H and O–H groups in total. The normalized spacial score (nSPS) is 16.6. The highest BCUT2D eigenvalue weighted by atomic mass is 16.7. The summed E-state index contributed by atoms with van der Waals surface area (Å²) in [7, 11) is 1.63. The van der Waals surface area contributed by atoms with Gasteiger partial charge in [-0.25, -0.2) is 5.01 Å². The van der Waals surface area contributed by atoms with Crippen molar-refractivity contribution in [3.05, 3.63) is 83.9 Å². The van der Waals surface area contributed by atoms with Crippen molar-refractivity contribution in [1.82, 2.24) is 5.01 Å². The first-order valence-corrected chi connectivity index (χ1v) is 10.3. The van der Waals surface area contributed by atoms with E-state index in [-0.39, 0.29) is 25.3 Å². The molecular formula is C25H22N2O5. The van der Waals surface area contributed by atoms with Gasteiger partial charge in [-0.05, 0) is 35.4 Å². The standard InChI is InChI=1S/C25H22N2O5/c1-29-19-9-7-18(8-10-19)22-14-21(17-5-3-2-4-6-17)26-27(22)25(28)15-30-20-11-12-23-24(13-20)32-16-31-23/h2-13,22H,14-16H2,1H3. The minimum Gasteiger partial charge on any atom is -0.497 e. The van der Waals surface area contributed by atoms with Crippen molar-refractivity contribution in [2.45, 2.75) is 12.5 Å². The Morgan fingerprint density at radius 3 is 2.53 bits per heavy atom. The number of carbonyl (C=O) groups excluding carboxylic acids is 1. The monoisotopic (exact) mass is 430 g/mol. The number of fused-ring (bicyclic) bond motifs is 1. The van der Waals surface area contributed by atoms with Gasteiger partial charge in [0.05, 0.1) is 18.9 Å². The van der Waals surface area contributed by atoms with E-state index >= 15 is 0 Å². The minimum absolute atomic E-state index is 0.141. The highest BCUT2D eigenvalue weighted by molar-refractivity contribution is 6.03. The van der Waals surface area contributed by atoms with E-state index < -0.39 is 0 Å². The van der Waals surface area contributed by atoms with E-state index in [0.29, 0.717) is 23.7 Å². The van der Waals surface area contributed by atoms with Gasteiger partial charge in [0.1, 0.15) is 11.5 Å². The first kappa shape index (κ1) is 19.9. The van der Waals surface area contributed by atoms with Crippen LogP contribution in [0.1, 0.15) is 23.6 Å². The second-order valence-corrected chi connectivity index (χ2v) is 7.45. The third-order valence-electron chi connectivity index (χ3n) is 5.48. The zero-order valence-corrected chi connectivity index (χ0v) is 17.6. The molecule has 1 unspecified atom stereocenters. The van der Waals surface area contributed by atoms with E-state index in [9.17, 15) is 4.79 Å². The molecule has 0 saturated carbocycles. The molecule has 2 aliphatic heterocycles. The summed E-state index contributed by atoms with van der Waals surface area (Å²) in [5.41, 5.74) is 2.85. The number of benzene rings is 3. The fraction of sp³-hybridized carbons (Fsp3) is 0.200. The number of methoxy groups -OCH3 is 1. The maximum absolute atomic E-state index is 13.1. The Morgan fingerprint density at radius 1 is 1.00 bits per heavy atom. The van der Waals surface area contributed by atoms with Gasteiger partial charge >= 0.3 is 0 Å². The number of hydrazone groups is 1. The molecule has 3 aromatic rings. The third kappa shape index (κ3) is 3.97. The van der Waals surface area contributed by atoms with Crippen LogP contribution >= 0.6 is 0 Å². The zero-order chi connectivity index (χ0) is 21.9. The first-order chi connectivity index (χ1) is 15.7. The van der Waals surface area contributed by atoms with E-state index in [4.69, 9.17) is 18.9 Å². The fourth-order valence-corrected chi connectivity index (χ4v) is 3.81. The van der Waals surface area contributed by atoms with Crippen LogP contribution < -0.4 is 18.9 Å². The molecule has 0 spiro atoms. The summed E-state index contributed by atoms with van der Waals surface area (Å²) in [6, 6.07) is 22.6. The number of hydrogen-bond acceptors (Lipinski definition) is 6. The second-order valence-electron chi connectivity index (χ2n) is 7.45. The third-order valence-corrected chi connectivity index (χ3v) is 5.48. The number of nitrogens with zero attached hydrogens (tertiary/aromatic N) is 2. The summed E-state index contributed by atoms with van der Waals surface area (Å²) in [5, 5.41) is 6.20. The lowest BCUT2D eigenvalue weighted by Crippen LogP contribution is -2.31. The van der Waals surface area contributed by atoms with Gasteiger partial charge in [-0.15, -0.1) is 0 Å². The minimum atomic E-state index is -0.227.